The average Bonchev–Trinajstić information content (AvgIpc) is 2.40. The first-order valence-electron chi connectivity index (χ1n) is 2.00. The molecule has 0 saturated heterocycles. The van der Waals surface area contributed by atoms with Crippen LogP contribution in [-0.4, -0.2) is 12.6 Å². The molecule has 0 saturated carbocycles. The van der Waals surface area contributed by atoms with Crippen molar-refractivity contribution in [2.24, 2.45) is 0 Å². The van der Waals surface area contributed by atoms with Crippen molar-refractivity contribution < 1.29 is 9.59 Å². The molecule has 3 nitrogen and oxygen atoms in total. The molecule has 8 heavy (non-hydrogen) atoms. The Morgan fingerprint density at radius 3 is 1.50 bits per heavy atom. The summed E-state index contributed by atoms with van der Waals surface area (Å²) in [7, 11) is 0. The van der Waals surface area contributed by atoms with Gasteiger partial charge >= 0.3 is 0 Å². The fourth-order valence-corrected chi connectivity index (χ4v) is 0.432. The molecule has 3 heteroatoms. The van der Waals surface area contributed by atoms with Gasteiger partial charge in [-0.1, -0.05) is 0 Å². The van der Waals surface area contributed by atoms with Crippen molar-refractivity contribution in [2.45, 2.75) is 0 Å². The van der Waals surface area contributed by atoms with Gasteiger partial charge in [0.1, 0.15) is 0 Å². The highest BCUT2D eigenvalue weighted by Gasteiger charge is 2.19. The van der Waals surface area contributed by atoms with Crippen molar-refractivity contribution in [2.75, 3.05) is 0 Å². The summed E-state index contributed by atoms with van der Waals surface area (Å²) in [5.74, 6) is 0. The Morgan fingerprint density at radius 1 is 1.00 bits per heavy atom. The van der Waals surface area contributed by atoms with Crippen molar-refractivity contribution in [1.29, 1.82) is 0 Å². The Labute approximate surface area is 44.6 Å². The molecule has 0 heterocycles. The van der Waals surface area contributed by atoms with Gasteiger partial charge in [-0.15, -0.1) is 0 Å². The molecule has 1 aromatic carbocycles. The number of carbonyl (C=O) groups is 2. The van der Waals surface area contributed by atoms with Gasteiger partial charge in [-0.3, -0.25) is 14.4 Å². The minimum atomic E-state index is -0.407. The second-order valence-corrected chi connectivity index (χ2v) is 1.39. The zero-order chi connectivity index (χ0) is 6.15. The van der Waals surface area contributed by atoms with E-state index in [0.717, 1.165) is 0 Å². The van der Waals surface area contributed by atoms with Gasteiger partial charge in [0.25, 0.3) is 0 Å². The molecular weight excluding hydrogens is 108 g/mol. The van der Waals surface area contributed by atoms with Crippen LogP contribution < -0.4 is 5.43 Å². The van der Waals surface area contributed by atoms with E-state index in [9.17, 15) is 14.4 Å². The van der Waals surface area contributed by atoms with E-state index in [1.807, 2.05) is 0 Å². The summed E-state index contributed by atoms with van der Waals surface area (Å²) in [6.07, 6.45) is 0.790. The standard InChI is InChI=1S/C5H2O3/c6-1-3-4(2-7)5(3)8/h1-2H. The first-order valence-corrected chi connectivity index (χ1v) is 2.00. The number of hydrogen-bond donors (Lipinski definition) is 0. The second kappa shape index (κ2) is 1.36. The fourth-order valence-electron chi connectivity index (χ4n) is 0.432. The van der Waals surface area contributed by atoms with E-state index in [1.54, 1.807) is 0 Å². The van der Waals surface area contributed by atoms with Crippen molar-refractivity contribution in [3.8, 4) is 0 Å². The zero-order valence-corrected chi connectivity index (χ0v) is 3.88. The molecule has 0 bridgehead atoms. The van der Waals surface area contributed by atoms with Gasteiger partial charge < -0.3 is 0 Å². The van der Waals surface area contributed by atoms with Crippen LogP contribution >= 0.6 is 0 Å². The van der Waals surface area contributed by atoms with E-state index in [2.05, 4.69) is 0 Å². The highest BCUT2D eigenvalue weighted by atomic mass is 16.1. The number of hydrogen-bond acceptors (Lipinski definition) is 3. The summed E-state index contributed by atoms with van der Waals surface area (Å²) in [5, 5.41) is 0. The lowest BCUT2D eigenvalue weighted by Gasteiger charge is -1.52. The van der Waals surface area contributed by atoms with E-state index in [0.29, 0.717) is 12.6 Å². The van der Waals surface area contributed by atoms with E-state index in [4.69, 9.17) is 0 Å². The Morgan fingerprint density at radius 2 is 1.38 bits per heavy atom. The molecule has 0 N–H and O–H groups in total. The van der Waals surface area contributed by atoms with Crippen LogP contribution in [0.5, 0.6) is 0 Å². The Bertz CT molecular complexity index is 216. The van der Waals surface area contributed by atoms with Crippen LogP contribution in [0.1, 0.15) is 20.7 Å². The number of carbonyl (C=O) groups excluding carboxylic acids is 2. The van der Waals surface area contributed by atoms with E-state index in [1.165, 1.54) is 0 Å². The van der Waals surface area contributed by atoms with Gasteiger partial charge in [-0.05, 0) is 0 Å². The van der Waals surface area contributed by atoms with Gasteiger partial charge in [0.05, 0.1) is 11.1 Å². The third-order valence-electron chi connectivity index (χ3n) is 0.953. The van der Waals surface area contributed by atoms with Crippen molar-refractivity contribution >= 4 is 12.6 Å². The van der Waals surface area contributed by atoms with Crippen LogP contribution in [0.15, 0.2) is 4.79 Å². The summed E-state index contributed by atoms with van der Waals surface area (Å²) in [6.45, 7) is 0. The van der Waals surface area contributed by atoms with Crippen LogP contribution in [0.4, 0.5) is 0 Å². The largest absolute Gasteiger partial charge is 0.298 e. The van der Waals surface area contributed by atoms with Crippen LogP contribution in [0.25, 0.3) is 0 Å². The maximum absolute atomic E-state index is 10.1. The van der Waals surface area contributed by atoms with E-state index >= 15 is 0 Å². The Balaban J connectivity index is 3.01. The first kappa shape index (κ1) is 4.90. The normalized spacial score (nSPS) is 9.50. The summed E-state index contributed by atoms with van der Waals surface area (Å²) < 4.78 is 0. The van der Waals surface area contributed by atoms with Gasteiger partial charge in [0.15, 0.2) is 12.6 Å². The lowest BCUT2D eigenvalue weighted by molar-refractivity contribution is 0.110. The highest BCUT2D eigenvalue weighted by Crippen LogP contribution is 1.99. The predicted octanol–water partition coefficient (Wildman–Crippen LogP) is -0.453. The lowest BCUT2D eigenvalue weighted by atomic mass is 10.5. The number of aldehydes is 2. The monoisotopic (exact) mass is 110 g/mol. The molecule has 0 unspecified atom stereocenters. The Kier molecular flexibility index (Phi) is 0.836. The molecule has 1 rings (SSSR count). The van der Waals surface area contributed by atoms with Gasteiger partial charge in [0, 0.05) is 0 Å². The molecule has 1 aromatic rings. The third kappa shape index (κ3) is 0.411. The van der Waals surface area contributed by atoms with Crippen molar-refractivity contribution in [3.05, 3.63) is 21.4 Å². The summed E-state index contributed by atoms with van der Waals surface area (Å²) >= 11 is 0. The first-order chi connectivity index (χ1) is 3.81. The van der Waals surface area contributed by atoms with E-state index in [-0.39, 0.29) is 11.1 Å². The van der Waals surface area contributed by atoms with Crippen LogP contribution in [0.3, 0.4) is 0 Å². The molecule has 0 atom stereocenters. The molecule has 0 amide bonds. The Hall–Kier alpha value is -1.25. The summed E-state index contributed by atoms with van der Waals surface area (Å²) in [4.78, 5) is 29.6. The number of rotatable bonds is 2. The molecule has 0 aliphatic rings. The molecule has 0 spiro atoms. The SMILES string of the molecule is O=Cc1c(C=O)c1=O. The molecule has 0 aromatic heterocycles. The van der Waals surface area contributed by atoms with Crippen LogP contribution in [0.2, 0.25) is 0 Å². The maximum Gasteiger partial charge on any atom is 0.201 e. The minimum Gasteiger partial charge on any atom is -0.298 e. The smallest absolute Gasteiger partial charge is 0.201 e. The zero-order valence-electron chi connectivity index (χ0n) is 3.88. The average molecular weight is 110 g/mol. The molecule has 0 radical (unpaired) electrons. The third-order valence-corrected chi connectivity index (χ3v) is 0.953. The topological polar surface area (TPSA) is 51.2 Å². The van der Waals surface area contributed by atoms with Gasteiger partial charge in [-0.2, -0.15) is 0 Å². The summed E-state index contributed by atoms with van der Waals surface area (Å²) in [5.41, 5.74) is -0.352. The predicted molar refractivity (Wildman–Crippen MR) is 25.9 cm³/mol. The maximum atomic E-state index is 10.1. The minimum absolute atomic E-state index is 0.0278. The quantitative estimate of drug-likeness (QED) is 0.484. The van der Waals surface area contributed by atoms with Crippen LogP contribution in [0, 0.1) is 0 Å². The van der Waals surface area contributed by atoms with Gasteiger partial charge in [0.2, 0.25) is 5.43 Å². The lowest BCUT2D eigenvalue weighted by Crippen LogP contribution is -1.77. The fraction of sp³-hybridized carbons (Fsp3) is 0. The van der Waals surface area contributed by atoms with Crippen molar-refractivity contribution in [3.63, 3.8) is 0 Å². The summed E-state index contributed by atoms with van der Waals surface area (Å²) in [6, 6.07) is 0. The molecule has 0 aliphatic heterocycles. The van der Waals surface area contributed by atoms with Crippen LogP contribution in [-0.2, 0) is 0 Å². The second-order valence-electron chi connectivity index (χ2n) is 1.39. The molecule has 40 valence electrons. The van der Waals surface area contributed by atoms with E-state index < -0.39 is 5.43 Å². The molecule has 0 fully saturated rings. The molecule has 0 aliphatic carbocycles. The molecular formula is C5H2O3. The van der Waals surface area contributed by atoms with Gasteiger partial charge in [-0.25, -0.2) is 0 Å². The van der Waals surface area contributed by atoms with Crippen molar-refractivity contribution in [1.82, 2.24) is 0 Å². The highest BCUT2D eigenvalue weighted by molar-refractivity contribution is 5.97.